The van der Waals surface area contributed by atoms with E-state index in [1.54, 1.807) is 6.92 Å². The molecule has 190 valence electrons. The van der Waals surface area contributed by atoms with Crippen LogP contribution < -0.4 is 21.1 Å². The van der Waals surface area contributed by atoms with E-state index in [-0.39, 0.29) is 11.1 Å². The predicted octanol–water partition coefficient (Wildman–Crippen LogP) is 4.07. The Labute approximate surface area is 208 Å². The Morgan fingerprint density at radius 1 is 1.14 bits per heavy atom. The van der Waals surface area contributed by atoms with E-state index in [9.17, 15) is 18.4 Å². The standard InChI is InChI=1S/C27H31F2N5O2/c1-14-6-8-34(9-7-30-14)25-21-10-15(2)31-23(17-4-5-17)24(21)33-27(36)22(25)26(35)32-16(3)18-11-19(28)13-20(29)12-18/h10-14,16-17,30H,4-9H2,1-3H3,(H,32,35)(H,33,36)/t14-,16-/m0/s1. The van der Waals surface area contributed by atoms with Crippen LogP contribution in [0.3, 0.4) is 0 Å². The highest BCUT2D eigenvalue weighted by atomic mass is 19.1. The summed E-state index contributed by atoms with van der Waals surface area (Å²) in [5.41, 5.74) is 2.77. The largest absolute Gasteiger partial charge is 0.369 e. The number of amides is 1. The fourth-order valence-corrected chi connectivity index (χ4v) is 5.04. The number of H-pyrrole nitrogens is 1. The number of carbonyl (C=O) groups is 1. The van der Waals surface area contributed by atoms with Gasteiger partial charge >= 0.3 is 0 Å². The molecule has 2 fully saturated rings. The first-order chi connectivity index (χ1) is 17.2. The van der Waals surface area contributed by atoms with Gasteiger partial charge in [-0.15, -0.1) is 0 Å². The van der Waals surface area contributed by atoms with E-state index in [4.69, 9.17) is 4.98 Å². The summed E-state index contributed by atoms with van der Waals surface area (Å²) in [4.78, 5) is 36.9. The fourth-order valence-electron chi connectivity index (χ4n) is 5.04. The van der Waals surface area contributed by atoms with Gasteiger partial charge in [0.2, 0.25) is 0 Å². The number of rotatable bonds is 5. The summed E-state index contributed by atoms with van der Waals surface area (Å²) in [6.45, 7) is 7.71. The van der Waals surface area contributed by atoms with E-state index >= 15 is 0 Å². The molecule has 1 saturated heterocycles. The number of anilines is 1. The van der Waals surface area contributed by atoms with Gasteiger partial charge in [0.25, 0.3) is 11.5 Å². The average molecular weight is 496 g/mol. The van der Waals surface area contributed by atoms with Crippen LogP contribution in [0.4, 0.5) is 14.5 Å². The highest BCUT2D eigenvalue weighted by Gasteiger charge is 2.32. The van der Waals surface area contributed by atoms with Crippen LogP contribution in [0.5, 0.6) is 0 Å². The Balaban J connectivity index is 1.63. The second-order valence-corrected chi connectivity index (χ2v) is 10.1. The minimum absolute atomic E-state index is 0.00752. The van der Waals surface area contributed by atoms with E-state index in [0.717, 1.165) is 48.6 Å². The molecule has 36 heavy (non-hydrogen) atoms. The van der Waals surface area contributed by atoms with Crippen LogP contribution in [0.2, 0.25) is 0 Å². The zero-order valence-corrected chi connectivity index (χ0v) is 20.8. The van der Waals surface area contributed by atoms with Crippen molar-refractivity contribution in [2.24, 2.45) is 0 Å². The Morgan fingerprint density at radius 3 is 2.56 bits per heavy atom. The molecule has 2 aliphatic rings. The molecule has 2 atom stereocenters. The molecule has 1 aliphatic heterocycles. The second-order valence-electron chi connectivity index (χ2n) is 10.1. The molecule has 7 nitrogen and oxygen atoms in total. The molecule has 3 heterocycles. The van der Waals surface area contributed by atoms with Crippen LogP contribution in [0.15, 0.2) is 29.1 Å². The molecule has 5 rings (SSSR count). The normalized spacial score (nSPS) is 19.2. The first kappa shape index (κ1) is 24.4. The molecule has 1 amide bonds. The lowest BCUT2D eigenvalue weighted by atomic mass is 10.0. The van der Waals surface area contributed by atoms with Gasteiger partial charge in [0, 0.05) is 48.7 Å². The lowest BCUT2D eigenvalue weighted by Crippen LogP contribution is -2.37. The van der Waals surface area contributed by atoms with Crippen molar-refractivity contribution in [2.45, 2.75) is 58.0 Å². The monoisotopic (exact) mass is 495 g/mol. The zero-order valence-electron chi connectivity index (χ0n) is 20.8. The van der Waals surface area contributed by atoms with Gasteiger partial charge in [-0.1, -0.05) is 0 Å². The number of carbonyl (C=O) groups excluding carboxylic acids is 1. The van der Waals surface area contributed by atoms with E-state index < -0.39 is 29.1 Å². The summed E-state index contributed by atoms with van der Waals surface area (Å²) in [6.07, 6.45) is 2.91. The smallest absolute Gasteiger partial charge is 0.263 e. The number of aromatic amines is 1. The molecule has 3 N–H and O–H groups in total. The van der Waals surface area contributed by atoms with Crippen LogP contribution in [0, 0.1) is 18.6 Å². The van der Waals surface area contributed by atoms with Crippen LogP contribution in [0.1, 0.15) is 72.4 Å². The molecule has 9 heteroatoms. The Morgan fingerprint density at radius 2 is 1.86 bits per heavy atom. The number of hydrogen-bond donors (Lipinski definition) is 3. The minimum atomic E-state index is -0.725. The molecule has 1 saturated carbocycles. The van der Waals surface area contributed by atoms with Gasteiger partial charge in [0.1, 0.15) is 17.2 Å². The highest BCUT2D eigenvalue weighted by molar-refractivity contribution is 6.08. The number of pyridine rings is 2. The third-order valence-electron chi connectivity index (χ3n) is 7.08. The summed E-state index contributed by atoms with van der Waals surface area (Å²) in [6, 6.07) is 4.67. The zero-order chi connectivity index (χ0) is 25.6. The van der Waals surface area contributed by atoms with Crippen LogP contribution in [-0.2, 0) is 0 Å². The number of nitrogens with zero attached hydrogens (tertiary/aromatic N) is 2. The number of nitrogens with one attached hydrogen (secondary N) is 3. The summed E-state index contributed by atoms with van der Waals surface area (Å²) in [5.74, 6) is -1.73. The second kappa shape index (κ2) is 9.61. The van der Waals surface area contributed by atoms with Gasteiger partial charge in [-0.05, 0) is 63.8 Å². The van der Waals surface area contributed by atoms with Crippen molar-refractivity contribution in [1.29, 1.82) is 0 Å². The van der Waals surface area contributed by atoms with Crippen LogP contribution >= 0.6 is 0 Å². The van der Waals surface area contributed by atoms with Crippen molar-refractivity contribution in [1.82, 2.24) is 20.6 Å². The van der Waals surface area contributed by atoms with E-state index in [1.165, 1.54) is 12.1 Å². The van der Waals surface area contributed by atoms with E-state index in [0.29, 0.717) is 36.3 Å². The van der Waals surface area contributed by atoms with Gasteiger partial charge in [-0.3, -0.25) is 14.6 Å². The van der Waals surface area contributed by atoms with Gasteiger partial charge < -0.3 is 20.5 Å². The number of hydrogen-bond acceptors (Lipinski definition) is 5. The number of aryl methyl sites for hydroxylation is 1. The summed E-state index contributed by atoms with van der Waals surface area (Å²) in [5, 5.41) is 7.05. The molecule has 0 unspecified atom stereocenters. The SMILES string of the molecule is Cc1cc2c(N3CCN[C@@H](C)CC3)c(C(=O)N[C@@H](C)c3cc(F)cc(F)c3)c(=O)[nH]c2c(C2CC2)n1. The predicted molar refractivity (Wildman–Crippen MR) is 136 cm³/mol. The molecular formula is C27H31F2N5O2. The number of aromatic nitrogens is 2. The maximum Gasteiger partial charge on any atom is 0.263 e. The van der Waals surface area contributed by atoms with E-state index in [2.05, 4.69) is 27.4 Å². The first-order valence-corrected chi connectivity index (χ1v) is 12.5. The lowest BCUT2D eigenvalue weighted by molar-refractivity contribution is 0.0939. The maximum absolute atomic E-state index is 13.8. The quantitative estimate of drug-likeness (QED) is 0.497. The Hall–Kier alpha value is -3.33. The van der Waals surface area contributed by atoms with Gasteiger partial charge in [-0.25, -0.2) is 8.78 Å². The molecule has 1 aromatic carbocycles. The molecular weight excluding hydrogens is 464 g/mol. The van der Waals surface area contributed by atoms with Crippen LogP contribution in [-0.4, -0.2) is 41.6 Å². The van der Waals surface area contributed by atoms with Crippen molar-refractivity contribution in [3.63, 3.8) is 0 Å². The third-order valence-corrected chi connectivity index (χ3v) is 7.08. The van der Waals surface area contributed by atoms with Crippen molar-refractivity contribution in [3.05, 3.63) is 68.8 Å². The molecule has 2 aromatic heterocycles. The maximum atomic E-state index is 13.8. The number of fused-ring (bicyclic) bond motifs is 1. The van der Waals surface area contributed by atoms with Crippen molar-refractivity contribution < 1.29 is 13.6 Å². The van der Waals surface area contributed by atoms with Gasteiger partial charge in [0.05, 0.1) is 22.9 Å². The fraction of sp³-hybridized carbons (Fsp3) is 0.444. The summed E-state index contributed by atoms with van der Waals surface area (Å²) >= 11 is 0. The number of benzene rings is 1. The molecule has 0 spiro atoms. The first-order valence-electron chi connectivity index (χ1n) is 12.5. The van der Waals surface area contributed by atoms with Crippen LogP contribution in [0.25, 0.3) is 10.9 Å². The highest BCUT2D eigenvalue weighted by Crippen LogP contribution is 2.43. The topological polar surface area (TPSA) is 90.1 Å². The van der Waals surface area contributed by atoms with Gasteiger partial charge in [0.15, 0.2) is 0 Å². The van der Waals surface area contributed by atoms with E-state index in [1.807, 2.05) is 13.0 Å². The summed E-state index contributed by atoms with van der Waals surface area (Å²) < 4.78 is 27.6. The molecule has 1 aliphatic carbocycles. The van der Waals surface area contributed by atoms with Gasteiger partial charge in [-0.2, -0.15) is 0 Å². The third kappa shape index (κ3) is 4.84. The molecule has 0 radical (unpaired) electrons. The average Bonchev–Trinajstić information content (AvgIpc) is 3.66. The van der Waals surface area contributed by atoms with Crippen molar-refractivity contribution >= 4 is 22.5 Å². The molecule has 0 bridgehead atoms. The molecule has 3 aromatic rings. The van der Waals surface area contributed by atoms with Crippen molar-refractivity contribution in [2.75, 3.05) is 24.5 Å². The summed E-state index contributed by atoms with van der Waals surface area (Å²) in [7, 11) is 0. The Bertz CT molecular complexity index is 1360. The minimum Gasteiger partial charge on any atom is -0.369 e. The Kier molecular flexibility index (Phi) is 6.51. The lowest BCUT2D eigenvalue weighted by Gasteiger charge is -2.27. The van der Waals surface area contributed by atoms with Crippen molar-refractivity contribution in [3.8, 4) is 0 Å². The number of halogens is 2.